The van der Waals surface area contributed by atoms with Crippen LogP contribution < -0.4 is 5.32 Å². The molecule has 0 aromatic heterocycles. The van der Waals surface area contributed by atoms with E-state index in [1.807, 2.05) is 6.92 Å². The highest BCUT2D eigenvalue weighted by Crippen LogP contribution is 2.13. The highest BCUT2D eigenvalue weighted by atomic mass is 32.2. The van der Waals surface area contributed by atoms with Crippen molar-refractivity contribution < 1.29 is 13.5 Å². The van der Waals surface area contributed by atoms with E-state index in [1.165, 1.54) is 0 Å². The van der Waals surface area contributed by atoms with Gasteiger partial charge in [0, 0.05) is 19.1 Å². The molecule has 1 atom stereocenters. The molecule has 1 unspecified atom stereocenters. The van der Waals surface area contributed by atoms with Gasteiger partial charge in [-0.3, -0.25) is 0 Å². The molecular formula is C12H25N2O3S. The van der Waals surface area contributed by atoms with E-state index in [9.17, 15) is 8.42 Å². The lowest BCUT2D eigenvalue weighted by Gasteiger charge is -2.25. The summed E-state index contributed by atoms with van der Waals surface area (Å²) in [6.07, 6.45) is 5.31. The SMILES string of the molecule is CCC(CO)NCCCS(=O)(=O)N1CC[CH]CC1. The molecule has 107 valence electrons. The van der Waals surface area contributed by atoms with E-state index >= 15 is 0 Å². The maximum absolute atomic E-state index is 12.0. The number of rotatable bonds is 8. The van der Waals surface area contributed by atoms with Gasteiger partial charge in [-0.05, 0) is 38.6 Å². The highest BCUT2D eigenvalue weighted by molar-refractivity contribution is 7.89. The number of hydrogen-bond donors (Lipinski definition) is 2. The lowest BCUT2D eigenvalue weighted by Crippen LogP contribution is -2.38. The van der Waals surface area contributed by atoms with Gasteiger partial charge in [-0.1, -0.05) is 6.92 Å². The van der Waals surface area contributed by atoms with Crippen molar-refractivity contribution in [3.05, 3.63) is 6.42 Å². The lowest BCUT2D eigenvalue weighted by atomic mass is 10.2. The molecule has 0 amide bonds. The molecule has 0 aliphatic carbocycles. The zero-order valence-electron chi connectivity index (χ0n) is 11.1. The molecule has 5 nitrogen and oxygen atoms in total. The van der Waals surface area contributed by atoms with Crippen LogP contribution in [-0.4, -0.2) is 55.9 Å². The van der Waals surface area contributed by atoms with E-state index in [2.05, 4.69) is 11.7 Å². The molecule has 1 radical (unpaired) electrons. The Morgan fingerprint density at radius 2 is 2.06 bits per heavy atom. The van der Waals surface area contributed by atoms with Gasteiger partial charge in [-0.2, -0.15) is 0 Å². The van der Waals surface area contributed by atoms with Crippen molar-refractivity contribution in [2.45, 2.75) is 38.6 Å². The Hall–Kier alpha value is -0.170. The van der Waals surface area contributed by atoms with Gasteiger partial charge in [-0.15, -0.1) is 0 Å². The number of sulfonamides is 1. The van der Waals surface area contributed by atoms with Crippen LogP contribution in [0.25, 0.3) is 0 Å². The minimum atomic E-state index is -3.08. The average Bonchev–Trinajstić information content (AvgIpc) is 2.40. The van der Waals surface area contributed by atoms with Crippen molar-refractivity contribution in [2.24, 2.45) is 0 Å². The Balaban J connectivity index is 2.24. The first-order valence-corrected chi connectivity index (χ1v) is 8.34. The Morgan fingerprint density at radius 3 is 2.61 bits per heavy atom. The van der Waals surface area contributed by atoms with E-state index in [0.29, 0.717) is 26.1 Å². The van der Waals surface area contributed by atoms with Crippen molar-refractivity contribution in [2.75, 3.05) is 32.0 Å². The van der Waals surface area contributed by atoms with E-state index in [-0.39, 0.29) is 18.4 Å². The molecule has 1 saturated heterocycles. The number of nitrogens with zero attached hydrogens (tertiary/aromatic N) is 1. The smallest absolute Gasteiger partial charge is 0.214 e. The maximum atomic E-state index is 12.0. The van der Waals surface area contributed by atoms with Crippen LogP contribution in [0, 0.1) is 6.42 Å². The van der Waals surface area contributed by atoms with Crippen molar-refractivity contribution in [1.29, 1.82) is 0 Å². The van der Waals surface area contributed by atoms with Crippen LogP contribution in [0.2, 0.25) is 0 Å². The summed E-state index contributed by atoms with van der Waals surface area (Å²) in [5.41, 5.74) is 0. The summed E-state index contributed by atoms with van der Waals surface area (Å²) in [6, 6.07) is 0.0808. The summed E-state index contributed by atoms with van der Waals surface area (Å²) in [5, 5.41) is 12.2. The molecular weight excluding hydrogens is 252 g/mol. The highest BCUT2D eigenvalue weighted by Gasteiger charge is 2.23. The van der Waals surface area contributed by atoms with Gasteiger partial charge in [0.25, 0.3) is 0 Å². The average molecular weight is 277 g/mol. The molecule has 0 saturated carbocycles. The second-order valence-corrected chi connectivity index (χ2v) is 6.76. The predicted molar refractivity (Wildman–Crippen MR) is 72.7 cm³/mol. The zero-order chi connectivity index (χ0) is 13.4. The molecule has 1 aliphatic heterocycles. The summed E-state index contributed by atoms with van der Waals surface area (Å²) >= 11 is 0. The molecule has 1 rings (SSSR count). The summed E-state index contributed by atoms with van der Waals surface area (Å²) in [4.78, 5) is 0. The predicted octanol–water partition coefficient (Wildman–Crippen LogP) is 0.367. The molecule has 0 aromatic carbocycles. The minimum absolute atomic E-state index is 0.0808. The van der Waals surface area contributed by atoms with E-state index in [1.54, 1.807) is 4.31 Å². The largest absolute Gasteiger partial charge is 0.395 e. The van der Waals surface area contributed by atoms with Crippen molar-refractivity contribution in [3.63, 3.8) is 0 Å². The van der Waals surface area contributed by atoms with Crippen LogP contribution in [-0.2, 0) is 10.0 Å². The lowest BCUT2D eigenvalue weighted by molar-refractivity contribution is 0.239. The van der Waals surface area contributed by atoms with Crippen LogP contribution in [0.1, 0.15) is 32.6 Å². The van der Waals surface area contributed by atoms with Gasteiger partial charge in [0.15, 0.2) is 0 Å². The zero-order valence-corrected chi connectivity index (χ0v) is 12.0. The number of piperidine rings is 1. The van der Waals surface area contributed by atoms with E-state index < -0.39 is 10.0 Å². The molecule has 0 spiro atoms. The van der Waals surface area contributed by atoms with Gasteiger partial charge >= 0.3 is 0 Å². The van der Waals surface area contributed by atoms with Gasteiger partial charge in [0.1, 0.15) is 0 Å². The Morgan fingerprint density at radius 1 is 1.39 bits per heavy atom. The van der Waals surface area contributed by atoms with Crippen molar-refractivity contribution >= 4 is 10.0 Å². The van der Waals surface area contributed by atoms with Crippen LogP contribution in [0.3, 0.4) is 0 Å². The van der Waals surface area contributed by atoms with E-state index in [0.717, 1.165) is 19.3 Å². The number of aliphatic hydroxyl groups is 1. The maximum Gasteiger partial charge on any atom is 0.214 e. The normalized spacial score (nSPS) is 19.9. The molecule has 18 heavy (non-hydrogen) atoms. The first kappa shape index (κ1) is 15.9. The molecule has 1 heterocycles. The van der Waals surface area contributed by atoms with Gasteiger partial charge < -0.3 is 10.4 Å². The Labute approximate surface area is 111 Å². The minimum Gasteiger partial charge on any atom is -0.395 e. The van der Waals surface area contributed by atoms with Crippen LogP contribution in [0.5, 0.6) is 0 Å². The monoisotopic (exact) mass is 277 g/mol. The fraction of sp³-hybridized carbons (Fsp3) is 0.917. The quantitative estimate of drug-likeness (QED) is 0.629. The third-order valence-electron chi connectivity index (χ3n) is 3.28. The van der Waals surface area contributed by atoms with Crippen LogP contribution in [0.15, 0.2) is 0 Å². The fourth-order valence-electron chi connectivity index (χ4n) is 2.03. The molecule has 6 heteroatoms. The van der Waals surface area contributed by atoms with Gasteiger partial charge in [0.05, 0.1) is 12.4 Å². The second-order valence-electron chi connectivity index (χ2n) is 4.68. The molecule has 1 fully saturated rings. The first-order valence-electron chi connectivity index (χ1n) is 6.74. The Kier molecular flexibility index (Phi) is 7.14. The standard InChI is InChI=1S/C12H25N2O3S/c1-2-12(11-15)13-7-6-10-18(16,17)14-8-4-3-5-9-14/h3,12-13,15H,2,4-11H2,1H3. The third-order valence-corrected chi connectivity index (χ3v) is 5.24. The number of hydrogen-bond acceptors (Lipinski definition) is 4. The summed E-state index contributed by atoms with van der Waals surface area (Å²) in [7, 11) is -3.08. The number of aliphatic hydroxyl groups excluding tert-OH is 1. The van der Waals surface area contributed by atoms with Gasteiger partial charge in [-0.25, -0.2) is 12.7 Å². The summed E-state index contributed by atoms with van der Waals surface area (Å²) in [6.45, 7) is 3.99. The molecule has 1 aliphatic rings. The van der Waals surface area contributed by atoms with Crippen molar-refractivity contribution in [3.8, 4) is 0 Å². The van der Waals surface area contributed by atoms with Gasteiger partial charge in [0.2, 0.25) is 10.0 Å². The number of nitrogens with one attached hydrogen (secondary N) is 1. The summed E-state index contributed by atoms with van der Waals surface area (Å²) in [5.74, 6) is 0.196. The second kappa shape index (κ2) is 8.09. The first-order chi connectivity index (χ1) is 8.60. The van der Waals surface area contributed by atoms with Crippen LogP contribution >= 0.6 is 0 Å². The summed E-state index contributed by atoms with van der Waals surface area (Å²) < 4.78 is 25.6. The molecule has 0 bridgehead atoms. The van der Waals surface area contributed by atoms with Crippen LogP contribution in [0.4, 0.5) is 0 Å². The Bertz CT molecular complexity index is 309. The molecule has 0 aromatic rings. The fourth-order valence-corrected chi connectivity index (χ4v) is 3.57. The molecule has 2 N–H and O–H groups in total. The van der Waals surface area contributed by atoms with Crippen molar-refractivity contribution in [1.82, 2.24) is 9.62 Å². The third kappa shape index (κ3) is 5.22. The topological polar surface area (TPSA) is 69.6 Å². The van der Waals surface area contributed by atoms with E-state index in [4.69, 9.17) is 5.11 Å².